The van der Waals surface area contributed by atoms with Gasteiger partial charge in [-0.25, -0.2) is 9.59 Å². The maximum atomic E-state index is 12.8. The fraction of sp³-hybridized carbons (Fsp3) is 0.227. The maximum Gasteiger partial charge on any atom is 0.338 e. The Morgan fingerprint density at radius 2 is 1.90 bits per heavy atom. The summed E-state index contributed by atoms with van der Waals surface area (Å²) in [6.07, 6.45) is 0.692. The summed E-state index contributed by atoms with van der Waals surface area (Å²) in [6, 6.07) is 10.2. The number of methoxy groups -OCH3 is 1. The minimum atomic E-state index is -0.747. The zero-order valence-electron chi connectivity index (χ0n) is 16.9. The number of hydrogen-bond acceptors (Lipinski definition) is 6. The molecule has 2 aromatic rings. The Bertz CT molecular complexity index is 1020. The van der Waals surface area contributed by atoms with Crippen LogP contribution in [0.1, 0.15) is 28.9 Å². The zero-order valence-corrected chi connectivity index (χ0v) is 17.7. The van der Waals surface area contributed by atoms with E-state index in [1.165, 1.54) is 13.2 Å². The maximum absolute atomic E-state index is 12.8. The van der Waals surface area contributed by atoms with Gasteiger partial charge in [-0.1, -0.05) is 23.7 Å². The summed E-state index contributed by atoms with van der Waals surface area (Å²) < 4.78 is 16.3. The van der Waals surface area contributed by atoms with Crippen LogP contribution < -0.4 is 20.1 Å². The molecule has 1 heterocycles. The fourth-order valence-electron chi connectivity index (χ4n) is 3.11. The van der Waals surface area contributed by atoms with Crippen molar-refractivity contribution in [3.63, 3.8) is 0 Å². The van der Waals surface area contributed by atoms with Gasteiger partial charge in [-0.05, 0) is 42.8 Å². The second kappa shape index (κ2) is 9.99. The highest BCUT2D eigenvalue weighted by atomic mass is 35.5. The first-order valence-corrected chi connectivity index (χ1v) is 9.83. The molecule has 0 bridgehead atoms. The lowest BCUT2D eigenvalue weighted by Crippen LogP contribution is -2.47. The van der Waals surface area contributed by atoms with E-state index in [4.69, 9.17) is 25.8 Å². The summed E-state index contributed by atoms with van der Waals surface area (Å²) in [5.74, 6) is 0.105. The minimum Gasteiger partial charge on any atom is -0.493 e. The molecular weight excluding hydrogens is 424 g/mol. The number of aldehydes is 1. The molecule has 1 aliphatic rings. The molecular formula is C22H21ClN2O6. The standard InChI is InChI=1S/C22H21ClN2O6/c1-3-30-21(27)19-16(12-31-17-9-4-13(11-26)10-18(17)29-2)24-22(28)25-20(19)14-5-7-15(23)8-6-14/h4-11,20H,3,12H2,1-2H3,(H2,24,25,28). The van der Waals surface area contributed by atoms with Gasteiger partial charge in [0.25, 0.3) is 0 Å². The minimum absolute atomic E-state index is 0.136. The van der Waals surface area contributed by atoms with E-state index in [9.17, 15) is 14.4 Å². The van der Waals surface area contributed by atoms with Gasteiger partial charge >= 0.3 is 12.0 Å². The Kier molecular flexibility index (Phi) is 7.15. The highest BCUT2D eigenvalue weighted by Gasteiger charge is 2.34. The third-order valence-corrected chi connectivity index (χ3v) is 4.80. The number of esters is 1. The van der Waals surface area contributed by atoms with Crippen LogP contribution in [0.15, 0.2) is 53.7 Å². The first-order chi connectivity index (χ1) is 15.0. The SMILES string of the molecule is CCOC(=O)C1=C(COc2ccc(C=O)cc2OC)NC(=O)NC1c1ccc(Cl)cc1. The molecule has 0 aliphatic carbocycles. The average molecular weight is 445 g/mol. The van der Waals surface area contributed by atoms with Crippen LogP contribution in [0.4, 0.5) is 4.79 Å². The number of benzene rings is 2. The lowest BCUT2D eigenvalue weighted by Gasteiger charge is -2.29. The number of halogens is 1. The topological polar surface area (TPSA) is 103 Å². The monoisotopic (exact) mass is 444 g/mol. The first kappa shape index (κ1) is 22.2. The first-order valence-electron chi connectivity index (χ1n) is 9.46. The van der Waals surface area contributed by atoms with Crippen LogP contribution >= 0.6 is 11.6 Å². The zero-order chi connectivity index (χ0) is 22.4. The van der Waals surface area contributed by atoms with Gasteiger partial charge in [0.15, 0.2) is 11.5 Å². The van der Waals surface area contributed by atoms with Crippen LogP contribution in [0.25, 0.3) is 0 Å². The van der Waals surface area contributed by atoms with E-state index in [0.29, 0.717) is 33.9 Å². The van der Waals surface area contributed by atoms with E-state index in [-0.39, 0.29) is 24.5 Å². The van der Waals surface area contributed by atoms with E-state index >= 15 is 0 Å². The lowest BCUT2D eigenvalue weighted by atomic mass is 9.95. The van der Waals surface area contributed by atoms with Crippen molar-refractivity contribution in [2.24, 2.45) is 0 Å². The number of ether oxygens (including phenoxy) is 3. The van der Waals surface area contributed by atoms with Crippen molar-refractivity contribution in [1.82, 2.24) is 10.6 Å². The van der Waals surface area contributed by atoms with Crippen LogP contribution in [0.3, 0.4) is 0 Å². The third kappa shape index (κ3) is 5.16. The van der Waals surface area contributed by atoms with Crippen LogP contribution in [-0.2, 0) is 9.53 Å². The number of hydrogen-bond donors (Lipinski definition) is 2. The van der Waals surface area contributed by atoms with Gasteiger partial charge in [-0.15, -0.1) is 0 Å². The highest BCUT2D eigenvalue weighted by Crippen LogP contribution is 2.31. The van der Waals surface area contributed by atoms with Crippen LogP contribution in [0.2, 0.25) is 5.02 Å². The molecule has 1 unspecified atom stereocenters. The van der Waals surface area contributed by atoms with Crippen molar-refractivity contribution in [1.29, 1.82) is 0 Å². The number of carbonyl (C=O) groups excluding carboxylic acids is 3. The molecule has 0 saturated carbocycles. The predicted molar refractivity (Wildman–Crippen MR) is 113 cm³/mol. The van der Waals surface area contributed by atoms with Crippen LogP contribution in [-0.4, -0.2) is 38.6 Å². The number of rotatable bonds is 8. The summed E-state index contributed by atoms with van der Waals surface area (Å²) in [7, 11) is 1.45. The number of amides is 2. The Hall–Kier alpha value is -3.52. The smallest absolute Gasteiger partial charge is 0.338 e. The van der Waals surface area contributed by atoms with E-state index in [1.54, 1.807) is 43.3 Å². The Balaban J connectivity index is 1.97. The molecule has 0 spiro atoms. The van der Waals surface area contributed by atoms with E-state index in [0.717, 1.165) is 0 Å². The predicted octanol–water partition coefficient (Wildman–Crippen LogP) is 3.41. The highest BCUT2D eigenvalue weighted by molar-refractivity contribution is 6.30. The number of carbonyl (C=O) groups is 3. The van der Waals surface area contributed by atoms with Crippen molar-refractivity contribution in [2.75, 3.05) is 20.3 Å². The van der Waals surface area contributed by atoms with E-state index in [1.807, 2.05) is 0 Å². The van der Waals surface area contributed by atoms with E-state index < -0.39 is 18.0 Å². The third-order valence-electron chi connectivity index (χ3n) is 4.55. The number of nitrogens with one attached hydrogen (secondary N) is 2. The molecule has 1 aliphatic heterocycles. The normalized spacial score (nSPS) is 15.6. The summed E-state index contributed by atoms with van der Waals surface area (Å²) in [4.78, 5) is 36.1. The van der Waals surface area contributed by atoms with Gasteiger partial charge in [0.1, 0.15) is 12.9 Å². The molecule has 2 N–H and O–H groups in total. The molecule has 2 aromatic carbocycles. The fourth-order valence-corrected chi connectivity index (χ4v) is 3.24. The summed E-state index contributed by atoms with van der Waals surface area (Å²) >= 11 is 5.97. The van der Waals surface area contributed by atoms with Gasteiger partial charge in [-0.3, -0.25) is 4.79 Å². The van der Waals surface area contributed by atoms with Crippen LogP contribution in [0, 0.1) is 0 Å². The van der Waals surface area contributed by atoms with Crippen molar-refractivity contribution >= 4 is 29.9 Å². The summed E-state index contributed by atoms with van der Waals surface area (Å²) in [6.45, 7) is 1.72. The second-order valence-corrected chi connectivity index (χ2v) is 6.95. The van der Waals surface area contributed by atoms with Gasteiger partial charge in [0, 0.05) is 10.6 Å². The average Bonchev–Trinajstić information content (AvgIpc) is 2.77. The second-order valence-electron chi connectivity index (χ2n) is 6.51. The Labute approximate surface area is 184 Å². The molecule has 1 atom stereocenters. The molecule has 0 radical (unpaired) electrons. The van der Waals surface area contributed by atoms with E-state index in [2.05, 4.69) is 10.6 Å². The van der Waals surface area contributed by atoms with Crippen molar-refractivity contribution in [2.45, 2.75) is 13.0 Å². The largest absolute Gasteiger partial charge is 0.493 e. The molecule has 9 heteroatoms. The molecule has 0 fully saturated rings. The quantitative estimate of drug-likeness (QED) is 0.477. The summed E-state index contributed by atoms with van der Waals surface area (Å²) in [5, 5.41) is 5.89. The Morgan fingerprint density at radius 3 is 2.55 bits per heavy atom. The molecule has 162 valence electrons. The van der Waals surface area contributed by atoms with Crippen molar-refractivity contribution in [3.8, 4) is 11.5 Å². The van der Waals surface area contributed by atoms with Gasteiger partial charge in [0.05, 0.1) is 31.0 Å². The lowest BCUT2D eigenvalue weighted by molar-refractivity contribution is -0.139. The number of urea groups is 1. The summed E-state index contributed by atoms with van der Waals surface area (Å²) in [5.41, 5.74) is 1.55. The van der Waals surface area contributed by atoms with Crippen LogP contribution in [0.5, 0.6) is 11.5 Å². The molecule has 8 nitrogen and oxygen atoms in total. The molecule has 31 heavy (non-hydrogen) atoms. The van der Waals surface area contributed by atoms with Gasteiger partial charge in [-0.2, -0.15) is 0 Å². The Morgan fingerprint density at radius 1 is 1.16 bits per heavy atom. The van der Waals surface area contributed by atoms with Gasteiger partial charge in [0.2, 0.25) is 0 Å². The molecule has 0 saturated heterocycles. The van der Waals surface area contributed by atoms with Crippen molar-refractivity contribution in [3.05, 3.63) is 69.9 Å². The molecule has 3 rings (SSSR count). The molecule has 0 aromatic heterocycles. The van der Waals surface area contributed by atoms with Gasteiger partial charge < -0.3 is 24.8 Å². The van der Waals surface area contributed by atoms with Crippen molar-refractivity contribution < 1.29 is 28.6 Å². The molecule has 2 amide bonds.